The summed E-state index contributed by atoms with van der Waals surface area (Å²) in [6, 6.07) is 8.62. The first kappa shape index (κ1) is 14.5. The van der Waals surface area contributed by atoms with Gasteiger partial charge in [-0.15, -0.1) is 0 Å². The number of amides is 1. The van der Waals surface area contributed by atoms with E-state index >= 15 is 0 Å². The van der Waals surface area contributed by atoms with E-state index in [1.165, 1.54) is 5.56 Å². The first-order chi connectivity index (χ1) is 8.99. The molecular formula is C15H21BrN2O. The van der Waals surface area contributed by atoms with Crippen LogP contribution in [0.15, 0.2) is 28.7 Å². The summed E-state index contributed by atoms with van der Waals surface area (Å²) in [5.41, 5.74) is 1.26. The molecule has 0 heterocycles. The topological polar surface area (TPSA) is 32.3 Å². The Hall–Kier alpha value is -0.870. The molecule has 3 nitrogen and oxygen atoms in total. The molecule has 0 saturated heterocycles. The second-order valence-electron chi connectivity index (χ2n) is 5.56. The van der Waals surface area contributed by atoms with Crippen LogP contribution in [0.2, 0.25) is 0 Å². The maximum absolute atomic E-state index is 12.1. The first-order valence-corrected chi connectivity index (χ1v) is 7.48. The monoisotopic (exact) mass is 324 g/mol. The fraction of sp³-hybridized carbons (Fsp3) is 0.533. The van der Waals surface area contributed by atoms with Gasteiger partial charge in [-0.3, -0.25) is 4.79 Å². The zero-order valence-electron chi connectivity index (χ0n) is 11.7. The predicted octanol–water partition coefficient (Wildman–Crippen LogP) is 2.62. The van der Waals surface area contributed by atoms with Gasteiger partial charge in [0.05, 0.1) is 0 Å². The molecule has 0 spiro atoms. The Morgan fingerprint density at radius 1 is 1.53 bits per heavy atom. The van der Waals surface area contributed by atoms with Crippen molar-refractivity contribution >= 4 is 21.8 Å². The molecule has 2 rings (SSSR count). The van der Waals surface area contributed by atoms with Crippen LogP contribution in [0.4, 0.5) is 0 Å². The van der Waals surface area contributed by atoms with Gasteiger partial charge >= 0.3 is 0 Å². The molecule has 0 bridgehead atoms. The third kappa shape index (κ3) is 3.80. The molecule has 1 saturated carbocycles. The Morgan fingerprint density at radius 3 is 2.89 bits per heavy atom. The summed E-state index contributed by atoms with van der Waals surface area (Å²) < 4.78 is 1.08. The molecule has 3 atom stereocenters. The Bertz CT molecular complexity index is 461. The van der Waals surface area contributed by atoms with Gasteiger partial charge in [0.25, 0.3) is 0 Å². The lowest BCUT2D eigenvalue weighted by molar-refractivity contribution is -0.122. The van der Waals surface area contributed by atoms with Crippen LogP contribution in [-0.4, -0.2) is 37.5 Å². The average Bonchev–Trinajstić information content (AvgIpc) is 3.15. The molecule has 1 aliphatic rings. The Labute approximate surface area is 123 Å². The highest BCUT2D eigenvalue weighted by molar-refractivity contribution is 9.10. The molecule has 4 heteroatoms. The number of likely N-dealkylation sites (N-methyl/N-ethyl adjacent to an activating group) is 1. The minimum absolute atomic E-state index is 0.156. The van der Waals surface area contributed by atoms with Gasteiger partial charge in [-0.25, -0.2) is 0 Å². The van der Waals surface area contributed by atoms with Crippen molar-refractivity contribution in [3.05, 3.63) is 34.3 Å². The van der Waals surface area contributed by atoms with Crippen LogP contribution in [0.1, 0.15) is 24.8 Å². The van der Waals surface area contributed by atoms with E-state index in [0.29, 0.717) is 18.5 Å². The summed E-state index contributed by atoms with van der Waals surface area (Å²) in [4.78, 5) is 14.2. The molecule has 0 aliphatic heterocycles. The summed E-state index contributed by atoms with van der Waals surface area (Å²) in [5.74, 6) is 0.745. The quantitative estimate of drug-likeness (QED) is 0.903. The number of halogens is 1. The van der Waals surface area contributed by atoms with E-state index in [0.717, 1.165) is 10.9 Å². The highest BCUT2D eigenvalue weighted by atomic mass is 79.9. The average molecular weight is 325 g/mol. The van der Waals surface area contributed by atoms with E-state index in [2.05, 4.69) is 45.2 Å². The van der Waals surface area contributed by atoms with Crippen LogP contribution < -0.4 is 5.32 Å². The van der Waals surface area contributed by atoms with E-state index in [1.54, 1.807) is 0 Å². The van der Waals surface area contributed by atoms with Crippen LogP contribution >= 0.6 is 15.9 Å². The predicted molar refractivity (Wildman–Crippen MR) is 81.1 cm³/mol. The molecule has 1 N–H and O–H groups in total. The van der Waals surface area contributed by atoms with Crippen LogP contribution in [0.25, 0.3) is 0 Å². The molecule has 104 valence electrons. The summed E-state index contributed by atoms with van der Waals surface area (Å²) in [5, 5.41) is 3.05. The van der Waals surface area contributed by atoms with Gasteiger partial charge in [0.15, 0.2) is 0 Å². The van der Waals surface area contributed by atoms with Gasteiger partial charge in [0.2, 0.25) is 5.91 Å². The van der Waals surface area contributed by atoms with Crippen molar-refractivity contribution < 1.29 is 4.79 Å². The van der Waals surface area contributed by atoms with Crippen molar-refractivity contribution in [1.29, 1.82) is 0 Å². The third-order valence-electron chi connectivity index (χ3n) is 3.86. The fourth-order valence-electron chi connectivity index (χ4n) is 2.15. The number of carbonyl (C=O) groups excluding carboxylic acids is 1. The maximum atomic E-state index is 12.1. The van der Waals surface area contributed by atoms with Gasteiger partial charge in [-0.1, -0.05) is 28.1 Å². The van der Waals surface area contributed by atoms with Crippen molar-refractivity contribution in [2.45, 2.75) is 25.3 Å². The molecule has 0 unspecified atom stereocenters. The van der Waals surface area contributed by atoms with E-state index in [-0.39, 0.29) is 11.8 Å². The standard InChI is InChI=1S/C15H21BrN2O/c1-10(18(2)3)9-17-15(19)14-8-13(14)11-5-4-6-12(16)7-11/h4-7,10,13-14H,8-9H2,1-3H3,(H,17,19)/t10-,13+,14-/m1/s1. The Kier molecular flexibility index (Phi) is 4.63. The Balaban J connectivity index is 1.84. The van der Waals surface area contributed by atoms with E-state index in [9.17, 15) is 4.79 Å². The van der Waals surface area contributed by atoms with Crippen molar-refractivity contribution in [3.8, 4) is 0 Å². The van der Waals surface area contributed by atoms with Crippen LogP contribution in [0, 0.1) is 5.92 Å². The maximum Gasteiger partial charge on any atom is 0.223 e. The summed E-state index contributed by atoms with van der Waals surface area (Å²) in [7, 11) is 4.05. The van der Waals surface area contributed by atoms with Crippen molar-refractivity contribution in [2.24, 2.45) is 5.92 Å². The molecule has 1 aromatic carbocycles. The second-order valence-corrected chi connectivity index (χ2v) is 6.48. The molecule has 1 aromatic rings. The highest BCUT2D eigenvalue weighted by Crippen LogP contribution is 2.47. The number of carbonyl (C=O) groups is 1. The first-order valence-electron chi connectivity index (χ1n) is 6.68. The minimum atomic E-state index is 0.156. The lowest BCUT2D eigenvalue weighted by atomic mass is 10.1. The van der Waals surface area contributed by atoms with E-state index in [4.69, 9.17) is 0 Å². The van der Waals surface area contributed by atoms with Gasteiger partial charge in [0.1, 0.15) is 0 Å². The molecular weight excluding hydrogens is 304 g/mol. The smallest absolute Gasteiger partial charge is 0.223 e. The summed E-state index contributed by atoms with van der Waals surface area (Å²) in [6.45, 7) is 2.83. The molecule has 19 heavy (non-hydrogen) atoms. The molecule has 1 fully saturated rings. The zero-order valence-corrected chi connectivity index (χ0v) is 13.3. The van der Waals surface area contributed by atoms with Crippen LogP contribution in [0.5, 0.6) is 0 Å². The lowest BCUT2D eigenvalue weighted by Gasteiger charge is -2.19. The molecule has 1 amide bonds. The largest absolute Gasteiger partial charge is 0.354 e. The van der Waals surface area contributed by atoms with Gasteiger partial charge < -0.3 is 10.2 Å². The normalized spacial score (nSPS) is 23.2. The fourth-order valence-corrected chi connectivity index (χ4v) is 2.57. The number of hydrogen-bond acceptors (Lipinski definition) is 2. The summed E-state index contributed by atoms with van der Waals surface area (Å²) in [6.07, 6.45) is 0.971. The van der Waals surface area contributed by atoms with Gasteiger partial charge in [-0.05, 0) is 51.1 Å². The van der Waals surface area contributed by atoms with Crippen molar-refractivity contribution in [1.82, 2.24) is 10.2 Å². The van der Waals surface area contributed by atoms with E-state index < -0.39 is 0 Å². The third-order valence-corrected chi connectivity index (χ3v) is 4.35. The zero-order chi connectivity index (χ0) is 14.0. The van der Waals surface area contributed by atoms with Crippen molar-refractivity contribution in [3.63, 3.8) is 0 Å². The molecule has 0 aromatic heterocycles. The van der Waals surface area contributed by atoms with Crippen LogP contribution in [0.3, 0.4) is 0 Å². The molecule has 0 radical (unpaired) electrons. The number of nitrogens with zero attached hydrogens (tertiary/aromatic N) is 1. The molecule has 1 aliphatic carbocycles. The Morgan fingerprint density at radius 2 is 2.26 bits per heavy atom. The second kappa shape index (κ2) is 6.06. The number of benzene rings is 1. The highest BCUT2D eigenvalue weighted by Gasteiger charge is 2.43. The van der Waals surface area contributed by atoms with Gasteiger partial charge in [0, 0.05) is 23.0 Å². The number of nitrogens with one attached hydrogen (secondary N) is 1. The number of rotatable bonds is 5. The van der Waals surface area contributed by atoms with Gasteiger partial charge in [-0.2, -0.15) is 0 Å². The lowest BCUT2D eigenvalue weighted by Crippen LogP contribution is -2.38. The van der Waals surface area contributed by atoms with Crippen LogP contribution in [-0.2, 0) is 4.79 Å². The van der Waals surface area contributed by atoms with E-state index in [1.807, 2.05) is 26.2 Å². The minimum Gasteiger partial charge on any atom is -0.354 e. The SMILES string of the molecule is C[C@H](CNC(=O)[C@@H]1C[C@H]1c1cccc(Br)c1)N(C)C. The number of hydrogen-bond donors (Lipinski definition) is 1. The summed E-state index contributed by atoms with van der Waals surface area (Å²) >= 11 is 3.47. The van der Waals surface area contributed by atoms with Crippen molar-refractivity contribution in [2.75, 3.05) is 20.6 Å².